The third-order valence-electron chi connectivity index (χ3n) is 4.74. The summed E-state index contributed by atoms with van der Waals surface area (Å²) in [5.41, 5.74) is 2.61. The predicted molar refractivity (Wildman–Crippen MR) is 114 cm³/mol. The van der Waals surface area contributed by atoms with Crippen LogP contribution in [0, 0.1) is 0 Å². The lowest BCUT2D eigenvalue weighted by atomic mass is 9.95. The van der Waals surface area contributed by atoms with Crippen LogP contribution in [0.2, 0.25) is 0 Å². The molecule has 29 heavy (non-hydrogen) atoms. The fourth-order valence-electron chi connectivity index (χ4n) is 2.98. The molecule has 6 nitrogen and oxygen atoms in total. The molecule has 0 aliphatic rings. The zero-order chi connectivity index (χ0) is 21.6. The third-order valence-corrected chi connectivity index (χ3v) is 4.74. The summed E-state index contributed by atoms with van der Waals surface area (Å²) in [6.45, 7) is 5.94. The maximum Gasteiger partial charge on any atom is 0.200 e. The van der Waals surface area contributed by atoms with Crippen molar-refractivity contribution in [2.75, 3.05) is 21.3 Å². The Morgan fingerprint density at radius 1 is 1.00 bits per heavy atom. The smallest absolute Gasteiger partial charge is 0.200 e. The molecule has 0 bridgehead atoms. The Morgan fingerprint density at radius 3 is 2.10 bits per heavy atom. The predicted octanol–water partition coefficient (Wildman–Crippen LogP) is 4.30. The van der Waals surface area contributed by atoms with Crippen LogP contribution in [0.1, 0.15) is 49.5 Å². The minimum absolute atomic E-state index is 0.0826. The molecule has 0 fully saturated rings. The van der Waals surface area contributed by atoms with Crippen molar-refractivity contribution in [3.63, 3.8) is 0 Å². The molecule has 2 atom stereocenters. The quantitative estimate of drug-likeness (QED) is 0.636. The topological polar surface area (TPSA) is 77.4 Å². The number of ether oxygens (including phenoxy) is 3. The molecule has 0 radical (unpaired) electrons. The second-order valence-corrected chi connectivity index (χ2v) is 7.07. The van der Waals surface area contributed by atoms with Crippen molar-refractivity contribution in [1.29, 1.82) is 0 Å². The van der Waals surface area contributed by atoms with Crippen molar-refractivity contribution in [3.8, 4) is 17.2 Å². The number of phenolic OH excluding ortho intramolecular Hbond substituents is 1. The Hall–Kier alpha value is -2.86. The van der Waals surface area contributed by atoms with Gasteiger partial charge in [-0.15, -0.1) is 0 Å². The second kappa shape index (κ2) is 10.1. The monoisotopic (exact) mass is 399 g/mol. The molecule has 2 rings (SSSR count). The first-order chi connectivity index (χ1) is 13.8. The largest absolute Gasteiger partial charge is 0.502 e. The van der Waals surface area contributed by atoms with Crippen LogP contribution in [0.15, 0.2) is 41.4 Å². The van der Waals surface area contributed by atoms with E-state index in [0.717, 1.165) is 11.1 Å². The molecule has 1 N–H and O–H groups in total. The molecule has 156 valence electrons. The molecule has 2 aromatic carbocycles. The summed E-state index contributed by atoms with van der Waals surface area (Å²) < 4.78 is 15.8. The average Bonchev–Trinajstić information content (AvgIpc) is 2.73. The zero-order valence-electron chi connectivity index (χ0n) is 17.8. The van der Waals surface area contributed by atoms with E-state index < -0.39 is 12.1 Å². The van der Waals surface area contributed by atoms with E-state index >= 15 is 0 Å². The number of carbonyl (C=O) groups is 1. The summed E-state index contributed by atoms with van der Waals surface area (Å²) >= 11 is 0. The van der Waals surface area contributed by atoms with Gasteiger partial charge in [0, 0.05) is 13.3 Å². The third kappa shape index (κ3) is 5.35. The number of ketones is 1. The van der Waals surface area contributed by atoms with Crippen LogP contribution >= 0.6 is 0 Å². The highest BCUT2D eigenvalue weighted by atomic mass is 16.5. The van der Waals surface area contributed by atoms with Gasteiger partial charge in [-0.2, -0.15) is 0 Å². The van der Waals surface area contributed by atoms with Gasteiger partial charge in [-0.25, -0.2) is 0 Å². The number of hydrogen-bond donors (Lipinski definition) is 1. The van der Waals surface area contributed by atoms with Crippen molar-refractivity contribution in [1.82, 2.24) is 0 Å². The minimum Gasteiger partial charge on any atom is -0.502 e. The average molecular weight is 399 g/mol. The highest BCUT2D eigenvalue weighted by molar-refractivity contribution is 5.92. The SMILES string of the molecule is COc1cc(/C=N/[C@@H](C)C(=O)C(OC)c2cccc(C(C)C)c2)cc(OC)c1O. The van der Waals surface area contributed by atoms with Crippen LogP contribution in [-0.4, -0.2) is 44.5 Å². The Labute approximate surface area is 172 Å². The van der Waals surface area contributed by atoms with Crippen LogP contribution in [0.25, 0.3) is 0 Å². The summed E-state index contributed by atoms with van der Waals surface area (Å²) in [6, 6.07) is 10.5. The van der Waals surface area contributed by atoms with Gasteiger partial charge in [0.25, 0.3) is 0 Å². The van der Waals surface area contributed by atoms with E-state index in [1.807, 2.05) is 24.3 Å². The lowest BCUT2D eigenvalue weighted by molar-refractivity contribution is -0.130. The van der Waals surface area contributed by atoms with E-state index in [-0.39, 0.29) is 23.0 Å². The molecular weight excluding hydrogens is 370 g/mol. The van der Waals surface area contributed by atoms with Crippen molar-refractivity contribution < 1.29 is 24.1 Å². The molecule has 0 aliphatic carbocycles. The van der Waals surface area contributed by atoms with Gasteiger partial charge in [0.15, 0.2) is 17.3 Å². The number of aliphatic imine (C=N–C) groups is 1. The molecular formula is C23H29NO5. The lowest BCUT2D eigenvalue weighted by Crippen LogP contribution is -2.24. The molecule has 0 amide bonds. The van der Waals surface area contributed by atoms with Crippen LogP contribution in [0.5, 0.6) is 17.2 Å². The van der Waals surface area contributed by atoms with Gasteiger partial charge >= 0.3 is 0 Å². The number of carbonyl (C=O) groups excluding carboxylic acids is 1. The van der Waals surface area contributed by atoms with Crippen LogP contribution < -0.4 is 9.47 Å². The number of methoxy groups -OCH3 is 3. The van der Waals surface area contributed by atoms with E-state index in [1.165, 1.54) is 21.3 Å². The summed E-state index contributed by atoms with van der Waals surface area (Å²) in [5, 5.41) is 10.0. The van der Waals surface area contributed by atoms with Crippen molar-refractivity contribution in [3.05, 3.63) is 53.1 Å². The second-order valence-electron chi connectivity index (χ2n) is 7.07. The summed E-state index contributed by atoms with van der Waals surface area (Å²) in [6.07, 6.45) is 0.870. The summed E-state index contributed by atoms with van der Waals surface area (Å²) in [5.74, 6) is 0.677. The van der Waals surface area contributed by atoms with E-state index in [0.29, 0.717) is 11.5 Å². The summed E-state index contributed by atoms with van der Waals surface area (Å²) in [7, 11) is 4.43. The Morgan fingerprint density at radius 2 is 1.59 bits per heavy atom. The first-order valence-electron chi connectivity index (χ1n) is 9.46. The normalized spacial score (nSPS) is 13.5. The maximum absolute atomic E-state index is 12.9. The molecule has 0 aliphatic heterocycles. The number of phenols is 1. The Balaban J connectivity index is 2.24. The van der Waals surface area contributed by atoms with E-state index in [1.54, 1.807) is 25.3 Å². The van der Waals surface area contributed by atoms with E-state index in [2.05, 4.69) is 18.8 Å². The van der Waals surface area contributed by atoms with E-state index in [9.17, 15) is 9.90 Å². The fourth-order valence-corrected chi connectivity index (χ4v) is 2.98. The van der Waals surface area contributed by atoms with Crippen LogP contribution in [0.4, 0.5) is 0 Å². The van der Waals surface area contributed by atoms with Gasteiger partial charge in [0.05, 0.1) is 14.2 Å². The molecule has 0 aromatic heterocycles. The first kappa shape index (κ1) is 22.4. The number of benzene rings is 2. The molecule has 2 aromatic rings. The van der Waals surface area contributed by atoms with Crippen LogP contribution in [0.3, 0.4) is 0 Å². The van der Waals surface area contributed by atoms with Gasteiger partial charge in [-0.1, -0.05) is 38.1 Å². The molecule has 1 unspecified atom stereocenters. The molecule has 0 saturated heterocycles. The lowest BCUT2D eigenvalue weighted by Gasteiger charge is -2.18. The van der Waals surface area contributed by atoms with Gasteiger partial charge < -0.3 is 19.3 Å². The molecule has 0 spiro atoms. The zero-order valence-corrected chi connectivity index (χ0v) is 17.8. The molecule has 6 heteroatoms. The highest BCUT2D eigenvalue weighted by Crippen LogP contribution is 2.36. The summed E-state index contributed by atoms with van der Waals surface area (Å²) in [4.78, 5) is 17.3. The van der Waals surface area contributed by atoms with Crippen LogP contribution in [-0.2, 0) is 9.53 Å². The van der Waals surface area contributed by atoms with Crippen molar-refractivity contribution >= 4 is 12.0 Å². The minimum atomic E-state index is -0.690. The standard InChI is InChI=1S/C23H29NO5/c1-14(2)17-8-7-9-18(12-17)23(29-6)21(25)15(3)24-13-16-10-19(27-4)22(26)20(11-16)28-5/h7-15,23,26H,1-6H3/b24-13+/t15-,23?/m0/s1. The Kier molecular flexibility index (Phi) is 7.79. The first-order valence-corrected chi connectivity index (χ1v) is 9.46. The van der Waals surface area contributed by atoms with Crippen molar-refractivity contribution in [2.24, 2.45) is 4.99 Å². The fraction of sp³-hybridized carbons (Fsp3) is 0.391. The maximum atomic E-state index is 12.9. The van der Waals surface area contributed by atoms with Gasteiger partial charge in [0.1, 0.15) is 12.1 Å². The van der Waals surface area contributed by atoms with Gasteiger partial charge in [-0.05, 0) is 41.7 Å². The number of aromatic hydroxyl groups is 1. The van der Waals surface area contributed by atoms with Gasteiger partial charge in [-0.3, -0.25) is 9.79 Å². The number of nitrogens with zero attached hydrogens (tertiary/aromatic N) is 1. The number of Topliss-reactive ketones (excluding diaryl/α,β-unsaturated/α-hetero) is 1. The Bertz CT molecular complexity index is 850. The van der Waals surface area contributed by atoms with E-state index in [4.69, 9.17) is 14.2 Å². The number of hydrogen-bond acceptors (Lipinski definition) is 6. The highest BCUT2D eigenvalue weighted by Gasteiger charge is 2.25. The number of rotatable bonds is 9. The van der Waals surface area contributed by atoms with Crippen molar-refractivity contribution in [2.45, 2.75) is 38.8 Å². The molecule has 0 saturated carbocycles. The molecule has 0 heterocycles. The van der Waals surface area contributed by atoms with Gasteiger partial charge in [0.2, 0.25) is 5.75 Å².